The number of rotatable bonds is 5. The fourth-order valence-electron chi connectivity index (χ4n) is 2.83. The summed E-state index contributed by atoms with van der Waals surface area (Å²) in [6.45, 7) is 0. The molecule has 0 spiro atoms. The summed E-state index contributed by atoms with van der Waals surface area (Å²) in [5.74, 6) is 0.551. The fourth-order valence-corrected chi connectivity index (χ4v) is 2.83. The number of hydrogen-bond acceptors (Lipinski definition) is 4. The quantitative estimate of drug-likeness (QED) is 0.507. The third kappa shape index (κ3) is 3.75. The van der Waals surface area contributed by atoms with Crippen LogP contribution >= 0.6 is 0 Å². The number of nitrogens with one attached hydrogen (secondary N) is 1. The van der Waals surface area contributed by atoms with E-state index in [1.165, 1.54) is 0 Å². The smallest absolute Gasteiger partial charge is 0.195 e. The van der Waals surface area contributed by atoms with Gasteiger partial charge in [0.2, 0.25) is 0 Å². The molecule has 130 valence electrons. The van der Waals surface area contributed by atoms with Crippen molar-refractivity contribution in [3.8, 4) is 11.3 Å². The number of nitrogens with zero attached hydrogens (tertiary/aromatic N) is 2. The zero-order chi connectivity index (χ0) is 18.5. The maximum Gasteiger partial charge on any atom is 0.195 e. The predicted molar refractivity (Wildman–Crippen MR) is 107 cm³/mol. The van der Waals surface area contributed by atoms with Crippen LogP contribution in [0.25, 0.3) is 11.3 Å². The summed E-state index contributed by atoms with van der Waals surface area (Å²) in [6, 6.07) is 30.3. The molecule has 0 bridgehead atoms. The average Bonchev–Trinajstić information content (AvgIpc) is 2.75. The van der Waals surface area contributed by atoms with Crippen LogP contribution in [0.4, 0.5) is 11.5 Å². The molecule has 4 nitrogen and oxygen atoms in total. The maximum atomic E-state index is 12.8. The Morgan fingerprint density at radius 1 is 0.667 bits per heavy atom. The lowest BCUT2D eigenvalue weighted by atomic mass is 10.0. The van der Waals surface area contributed by atoms with Crippen molar-refractivity contribution >= 4 is 17.3 Å². The molecular formula is C23H17N3O. The molecule has 0 unspecified atom stereocenters. The van der Waals surface area contributed by atoms with Crippen LogP contribution in [0, 0.1) is 0 Å². The van der Waals surface area contributed by atoms with E-state index in [0.717, 1.165) is 11.3 Å². The van der Waals surface area contributed by atoms with Gasteiger partial charge in [-0.3, -0.25) is 4.79 Å². The number of carbonyl (C=O) groups is 1. The Morgan fingerprint density at radius 2 is 1.33 bits per heavy atom. The average molecular weight is 351 g/mol. The fraction of sp³-hybridized carbons (Fsp3) is 0. The monoisotopic (exact) mass is 351 g/mol. The largest absolute Gasteiger partial charge is 0.338 e. The molecule has 4 heteroatoms. The van der Waals surface area contributed by atoms with Gasteiger partial charge >= 0.3 is 0 Å². The number of carbonyl (C=O) groups excluding carboxylic acids is 1. The Hall–Kier alpha value is -3.79. The van der Waals surface area contributed by atoms with E-state index in [1.807, 2.05) is 97.1 Å². The van der Waals surface area contributed by atoms with Gasteiger partial charge in [0.25, 0.3) is 0 Å². The number of para-hydroxylation sites is 1. The molecule has 4 aromatic rings. The molecule has 0 saturated heterocycles. The van der Waals surface area contributed by atoms with E-state index in [4.69, 9.17) is 0 Å². The molecule has 1 N–H and O–H groups in total. The van der Waals surface area contributed by atoms with Gasteiger partial charge in [-0.15, -0.1) is 10.2 Å². The van der Waals surface area contributed by atoms with Gasteiger partial charge in [0, 0.05) is 16.7 Å². The van der Waals surface area contributed by atoms with Crippen molar-refractivity contribution in [1.29, 1.82) is 0 Å². The second-order valence-electron chi connectivity index (χ2n) is 6.04. The molecule has 0 aliphatic rings. The molecule has 0 fully saturated rings. The molecule has 1 aromatic heterocycles. The molecule has 0 radical (unpaired) electrons. The Bertz CT molecular complexity index is 1050. The standard InChI is InChI=1S/C23H17N3O/c27-23(18-11-5-2-6-12-18)19-13-7-8-14-21(19)24-22-16-15-20(25-26-22)17-9-3-1-4-10-17/h1-16H,(H,24,26). The maximum absolute atomic E-state index is 12.8. The van der Waals surface area contributed by atoms with Crippen molar-refractivity contribution in [3.05, 3.63) is 108 Å². The lowest BCUT2D eigenvalue weighted by molar-refractivity contribution is 0.103. The van der Waals surface area contributed by atoms with Gasteiger partial charge in [0.05, 0.1) is 11.4 Å². The van der Waals surface area contributed by atoms with Crippen LogP contribution in [0.5, 0.6) is 0 Å². The summed E-state index contributed by atoms with van der Waals surface area (Å²) in [4.78, 5) is 12.8. The number of aromatic nitrogens is 2. The van der Waals surface area contributed by atoms with Gasteiger partial charge in [0.15, 0.2) is 11.6 Å². The van der Waals surface area contributed by atoms with E-state index < -0.39 is 0 Å². The second-order valence-corrected chi connectivity index (χ2v) is 6.04. The highest BCUT2D eigenvalue weighted by atomic mass is 16.1. The summed E-state index contributed by atoms with van der Waals surface area (Å²) >= 11 is 0. The topological polar surface area (TPSA) is 54.9 Å². The Morgan fingerprint density at radius 3 is 2.04 bits per heavy atom. The van der Waals surface area contributed by atoms with Crippen LogP contribution in [-0.2, 0) is 0 Å². The normalized spacial score (nSPS) is 10.4. The second kappa shape index (κ2) is 7.62. The first-order chi connectivity index (χ1) is 13.3. The van der Waals surface area contributed by atoms with E-state index in [0.29, 0.717) is 22.6 Å². The van der Waals surface area contributed by atoms with Crippen LogP contribution in [-0.4, -0.2) is 16.0 Å². The SMILES string of the molecule is O=C(c1ccccc1)c1ccccc1Nc1ccc(-c2ccccc2)nn1. The molecule has 0 atom stereocenters. The number of anilines is 2. The minimum atomic E-state index is -0.0347. The first kappa shape index (κ1) is 16.7. The van der Waals surface area contributed by atoms with Gasteiger partial charge in [-0.05, 0) is 24.3 Å². The molecule has 1 heterocycles. The third-order valence-electron chi connectivity index (χ3n) is 4.20. The van der Waals surface area contributed by atoms with Crippen molar-refractivity contribution in [1.82, 2.24) is 10.2 Å². The summed E-state index contributed by atoms with van der Waals surface area (Å²) in [5.41, 5.74) is 3.76. The van der Waals surface area contributed by atoms with Gasteiger partial charge in [0.1, 0.15) is 0 Å². The minimum Gasteiger partial charge on any atom is -0.338 e. The van der Waals surface area contributed by atoms with Gasteiger partial charge in [-0.25, -0.2) is 0 Å². The summed E-state index contributed by atoms with van der Waals surface area (Å²) in [5, 5.41) is 11.7. The van der Waals surface area contributed by atoms with Crippen molar-refractivity contribution in [2.75, 3.05) is 5.32 Å². The Balaban J connectivity index is 1.59. The summed E-state index contributed by atoms with van der Waals surface area (Å²) in [7, 11) is 0. The predicted octanol–water partition coefficient (Wildman–Crippen LogP) is 5.12. The first-order valence-corrected chi connectivity index (χ1v) is 8.66. The van der Waals surface area contributed by atoms with Crippen molar-refractivity contribution in [3.63, 3.8) is 0 Å². The molecule has 3 aromatic carbocycles. The highest BCUT2D eigenvalue weighted by Crippen LogP contribution is 2.23. The van der Waals surface area contributed by atoms with Crippen LogP contribution in [0.2, 0.25) is 0 Å². The number of ketones is 1. The van der Waals surface area contributed by atoms with E-state index >= 15 is 0 Å². The summed E-state index contributed by atoms with van der Waals surface area (Å²) in [6.07, 6.45) is 0. The zero-order valence-electron chi connectivity index (χ0n) is 14.5. The first-order valence-electron chi connectivity index (χ1n) is 8.66. The lowest BCUT2D eigenvalue weighted by Crippen LogP contribution is -2.06. The molecule has 4 rings (SSSR count). The molecular weight excluding hydrogens is 334 g/mol. The molecule has 0 aliphatic heterocycles. The van der Waals surface area contributed by atoms with Crippen LogP contribution in [0.15, 0.2) is 97.1 Å². The highest BCUT2D eigenvalue weighted by Gasteiger charge is 2.13. The van der Waals surface area contributed by atoms with Crippen LogP contribution < -0.4 is 5.32 Å². The van der Waals surface area contributed by atoms with Gasteiger partial charge in [-0.1, -0.05) is 72.8 Å². The molecule has 0 amide bonds. The molecule has 0 aliphatic carbocycles. The van der Waals surface area contributed by atoms with E-state index in [-0.39, 0.29) is 5.78 Å². The lowest BCUT2D eigenvalue weighted by Gasteiger charge is -2.11. The van der Waals surface area contributed by atoms with Crippen molar-refractivity contribution in [2.24, 2.45) is 0 Å². The van der Waals surface area contributed by atoms with Gasteiger partial charge < -0.3 is 5.32 Å². The van der Waals surface area contributed by atoms with Crippen LogP contribution in [0.3, 0.4) is 0 Å². The van der Waals surface area contributed by atoms with Crippen LogP contribution in [0.1, 0.15) is 15.9 Å². The number of benzene rings is 3. The van der Waals surface area contributed by atoms with E-state index in [9.17, 15) is 4.79 Å². The minimum absolute atomic E-state index is 0.0347. The number of hydrogen-bond donors (Lipinski definition) is 1. The Kier molecular flexibility index (Phi) is 4.70. The van der Waals surface area contributed by atoms with E-state index in [2.05, 4.69) is 15.5 Å². The van der Waals surface area contributed by atoms with E-state index in [1.54, 1.807) is 0 Å². The van der Waals surface area contributed by atoms with Crippen molar-refractivity contribution < 1.29 is 4.79 Å². The molecule has 27 heavy (non-hydrogen) atoms. The Labute approximate surface area is 157 Å². The molecule has 0 saturated carbocycles. The van der Waals surface area contributed by atoms with Gasteiger partial charge in [-0.2, -0.15) is 0 Å². The third-order valence-corrected chi connectivity index (χ3v) is 4.20. The van der Waals surface area contributed by atoms with Crippen molar-refractivity contribution in [2.45, 2.75) is 0 Å². The highest BCUT2D eigenvalue weighted by molar-refractivity contribution is 6.12. The summed E-state index contributed by atoms with van der Waals surface area (Å²) < 4.78 is 0. The zero-order valence-corrected chi connectivity index (χ0v) is 14.5.